The Morgan fingerprint density at radius 3 is 1.67 bits per heavy atom. The Morgan fingerprint density at radius 2 is 1.58 bits per heavy atom. The minimum atomic E-state index is -2.54. The zero-order valence-electron chi connectivity index (χ0n) is 8.46. The molecule has 0 heterocycles. The number of allylic oxidation sites excluding steroid dienone is 1. The third kappa shape index (κ3) is 1.88. The maximum atomic E-state index is 12.3. The molecule has 0 saturated carbocycles. The zero-order chi connectivity index (χ0) is 9.94. The van der Waals surface area contributed by atoms with E-state index in [1.165, 1.54) is 0 Å². The molecule has 12 heavy (non-hydrogen) atoms. The Labute approximate surface area is 74.8 Å². The van der Waals surface area contributed by atoms with Crippen LogP contribution in [0.2, 0.25) is 0 Å². The maximum Gasteiger partial charge on any atom is 0.247 e. The fourth-order valence-electron chi connectivity index (χ4n) is 1.06. The molecule has 0 unspecified atom stereocenters. The summed E-state index contributed by atoms with van der Waals surface area (Å²) >= 11 is 0. The van der Waals surface area contributed by atoms with Crippen LogP contribution in [-0.4, -0.2) is 37.5 Å². The number of rotatable bonds is 3. The fourth-order valence-corrected chi connectivity index (χ4v) is 3.18. The first-order valence-electron chi connectivity index (χ1n) is 3.70. The Kier molecular flexibility index (Phi) is 3.95. The molecule has 0 radical (unpaired) electrons. The van der Waals surface area contributed by atoms with Gasteiger partial charge < -0.3 is 0 Å². The highest BCUT2D eigenvalue weighted by atomic mass is 31.2. The Morgan fingerprint density at radius 1 is 1.25 bits per heavy atom. The molecule has 0 bridgehead atoms. The van der Waals surface area contributed by atoms with Crippen molar-refractivity contribution in [3.63, 3.8) is 0 Å². The second-order valence-corrected chi connectivity index (χ2v) is 6.36. The van der Waals surface area contributed by atoms with Crippen molar-refractivity contribution >= 4 is 7.44 Å². The molecule has 0 aromatic heterocycles. The smallest absolute Gasteiger partial charge is 0.247 e. The van der Waals surface area contributed by atoms with Gasteiger partial charge in [-0.1, -0.05) is 6.58 Å². The Hall–Kier alpha value is -0.330. The average molecular weight is 188 g/mol. The van der Waals surface area contributed by atoms with E-state index in [0.717, 1.165) is 0 Å². The van der Waals surface area contributed by atoms with E-state index >= 15 is 0 Å². The summed E-state index contributed by atoms with van der Waals surface area (Å²) in [7, 11) is 4.63. The highest BCUT2D eigenvalue weighted by Crippen LogP contribution is 2.56. The average Bonchev–Trinajstić information content (AvgIpc) is 2.00. The highest BCUT2D eigenvalue weighted by Gasteiger charge is 2.29. The van der Waals surface area contributed by atoms with Gasteiger partial charge in [0.2, 0.25) is 7.44 Å². The third-order valence-electron chi connectivity index (χ3n) is 1.78. The van der Waals surface area contributed by atoms with Crippen molar-refractivity contribution in [3.05, 3.63) is 17.6 Å². The summed E-state index contributed by atoms with van der Waals surface area (Å²) in [6.07, 6.45) is 0. The molecule has 0 aliphatic heterocycles. The summed E-state index contributed by atoms with van der Waals surface area (Å²) in [4.78, 5) is 0. The van der Waals surface area contributed by atoms with E-state index < -0.39 is 7.44 Å². The van der Waals surface area contributed by atoms with Crippen LogP contribution >= 0.6 is 7.44 Å². The highest BCUT2D eigenvalue weighted by molar-refractivity contribution is 7.63. The maximum absolute atomic E-state index is 12.3. The molecule has 0 amide bonds. The molecule has 70 valence electrons. The standard InChI is InChI=1S/C8H17N2OP/c1-7-8(2)12(11,9(3)4)10(5)6/h1H2,2-6H3. The Balaban J connectivity index is 5.17. The van der Waals surface area contributed by atoms with Gasteiger partial charge in [-0.2, -0.15) is 0 Å². The molecule has 0 fully saturated rings. The molecule has 0 aliphatic rings. The van der Waals surface area contributed by atoms with Crippen molar-refractivity contribution in [3.8, 4) is 0 Å². The molecule has 0 saturated heterocycles. The van der Waals surface area contributed by atoms with E-state index in [1.807, 2.05) is 0 Å². The number of hydrogen-bond donors (Lipinski definition) is 0. The predicted molar refractivity (Wildman–Crippen MR) is 53.3 cm³/mol. The summed E-state index contributed by atoms with van der Waals surface area (Å²) in [5.74, 6) is 0. The first-order chi connectivity index (χ1) is 5.37. The van der Waals surface area contributed by atoms with E-state index in [9.17, 15) is 4.57 Å². The normalized spacial score (nSPS) is 11.9. The van der Waals surface area contributed by atoms with Crippen LogP contribution in [0.5, 0.6) is 0 Å². The van der Waals surface area contributed by atoms with Gasteiger partial charge in [-0.15, -0.1) is 5.73 Å². The topological polar surface area (TPSA) is 23.6 Å². The van der Waals surface area contributed by atoms with Crippen molar-refractivity contribution in [2.75, 3.05) is 28.2 Å². The summed E-state index contributed by atoms with van der Waals surface area (Å²) in [5, 5.41) is 0.692. The van der Waals surface area contributed by atoms with Crippen LogP contribution in [-0.2, 0) is 4.57 Å². The van der Waals surface area contributed by atoms with Gasteiger partial charge in [0.05, 0.1) is 5.31 Å². The molecule has 0 spiro atoms. The van der Waals surface area contributed by atoms with E-state index in [0.29, 0.717) is 5.31 Å². The molecule has 0 aromatic rings. The summed E-state index contributed by atoms with van der Waals surface area (Å²) < 4.78 is 15.7. The van der Waals surface area contributed by atoms with Crippen LogP contribution in [0.4, 0.5) is 0 Å². The van der Waals surface area contributed by atoms with Gasteiger partial charge in [-0.05, 0) is 35.1 Å². The molecule has 0 rings (SSSR count). The van der Waals surface area contributed by atoms with Crippen LogP contribution in [0.1, 0.15) is 6.92 Å². The molecule has 3 nitrogen and oxygen atoms in total. The van der Waals surface area contributed by atoms with E-state index in [2.05, 4.69) is 12.3 Å². The van der Waals surface area contributed by atoms with Crippen LogP contribution < -0.4 is 0 Å². The van der Waals surface area contributed by atoms with Crippen molar-refractivity contribution < 1.29 is 4.57 Å². The second-order valence-electron chi connectivity index (χ2n) is 3.00. The molecule has 0 atom stereocenters. The minimum Gasteiger partial charge on any atom is -0.283 e. The quantitative estimate of drug-likeness (QED) is 0.500. The molecular formula is C8H17N2OP. The largest absolute Gasteiger partial charge is 0.283 e. The zero-order valence-corrected chi connectivity index (χ0v) is 9.35. The number of nitrogens with zero attached hydrogens (tertiary/aromatic N) is 2. The lowest BCUT2D eigenvalue weighted by molar-refractivity contribution is 0.455. The van der Waals surface area contributed by atoms with Gasteiger partial charge in [0, 0.05) is 0 Å². The van der Waals surface area contributed by atoms with Crippen molar-refractivity contribution in [1.82, 2.24) is 9.34 Å². The lowest BCUT2D eigenvalue weighted by Crippen LogP contribution is -2.21. The lowest BCUT2D eigenvalue weighted by Gasteiger charge is -2.30. The van der Waals surface area contributed by atoms with Gasteiger partial charge in [-0.3, -0.25) is 4.57 Å². The molecular weight excluding hydrogens is 171 g/mol. The van der Waals surface area contributed by atoms with Gasteiger partial charge >= 0.3 is 0 Å². The first kappa shape index (κ1) is 11.7. The molecule has 0 N–H and O–H groups in total. The van der Waals surface area contributed by atoms with Crippen LogP contribution in [0.15, 0.2) is 17.6 Å². The SMILES string of the molecule is C=C=C(C)P(=O)(N(C)C)N(C)C. The van der Waals surface area contributed by atoms with Crippen molar-refractivity contribution in [2.24, 2.45) is 0 Å². The monoisotopic (exact) mass is 188 g/mol. The van der Waals surface area contributed by atoms with Crippen LogP contribution in [0, 0.1) is 0 Å². The van der Waals surface area contributed by atoms with Gasteiger partial charge in [0.15, 0.2) is 0 Å². The van der Waals surface area contributed by atoms with Crippen LogP contribution in [0.25, 0.3) is 0 Å². The van der Waals surface area contributed by atoms with E-state index in [-0.39, 0.29) is 0 Å². The van der Waals surface area contributed by atoms with Gasteiger partial charge in [0.25, 0.3) is 0 Å². The van der Waals surface area contributed by atoms with E-state index in [1.54, 1.807) is 44.5 Å². The van der Waals surface area contributed by atoms with E-state index in [4.69, 9.17) is 0 Å². The Bertz CT molecular complexity index is 240. The lowest BCUT2D eigenvalue weighted by atomic mass is 10.7. The number of hydrogen-bond acceptors (Lipinski definition) is 1. The van der Waals surface area contributed by atoms with Gasteiger partial charge in [0.1, 0.15) is 0 Å². The summed E-state index contributed by atoms with van der Waals surface area (Å²) in [6.45, 7) is 5.29. The summed E-state index contributed by atoms with van der Waals surface area (Å²) in [5.41, 5.74) is 2.69. The van der Waals surface area contributed by atoms with Gasteiger partial charge in [-0.25, -0.2) is 9.34 Å². The predicted octanol–water partition coefficient (Wildman–Crippen LogP) is 1.99. The molecule has 0 aliphatic carbocycles. The molecule has 4 heteroatoms. The van der Waals surface area contributed by atoms with Crippen molar-refractivity contribution in [2.45, 2.75) is 6.92 Å². The van der Waals surface area contributed by atoms with Crippen LogP contribution in [0.3, 0.4) is 0 Å². The summed E-state index contributed by atoms with van der Waals surface area (Å²) in [6, 6.07) is 0. The third-order valence-corrected chi connectivity index (χ3v) is 4.98. The van der Waals surface area contributed by atoms with Crippen molar-refractivity contribution in [1.29, 1.82) is 0 Å². The second kappa shape index (κ2) is 4.06. The minimum absolute atomic E-state index is 0.692. The first-order valence-corrected chi connectivity index (χ1v) is 5.31. The molecule has 0 aromatic carbocycles. The fraction of sp³-hybridized carbons (Fsp3) is 0.625.